The van der Waals surface area contributed by atoms with Crippen molar-refractivity contribution in [2.45, 2.75) is 64.2 Å². The maximum atomic E-state index is 4.89. The van der Waals surface area contributed by atoms with E-state index in [9.17, 15) is 0 Å². The zero-order chi connectivity index (χ0) is 13.6. The average molecular weight is 268 g/mol. The van der Waals surface area contributed by atoms with Crippen molar-refractivity contribution in [3.63, 3.8) is 0 Å². The van der Waals surface area contributed by atoms with Gasteiger partial charge in [0, 0.05) is 11.4 Å². The van der Waals surface area contributed by atoms with Gasteiger partial charge in [-0.25, -0.2) is 0 Å². The van der Waals surface area contributed by atoms with Gasteiger partial charge in [-0.1, -0.05) is 25.0 Å². The summed E-state index contributed by atoms with van der Waals surface area (Å²) in [5.41, 5.74) is 4.88. The minimum Gasteiger partial charge on any atom is -0.256 e. The molecule has 0 saturated heterocycles. The number of hydrogen-bond acceptors (Lipinski definition) is 2. The van der Waals surface area contributed by atoms with E-state index in [1.165, 1.54) is 75.6 Å². The van der Waals surface area contributed by atoms with Crippen molar-refractivity contribution in [3.05, 3.63) is 24.3 Å². The van der Waals surface area contributed by atoms with Crippen molar-refractivity contribution in [2.75, 3.05) is 0 Å². The first-order valence-corrected chi connectivity index (χ1v) is 8.14. The first-order valence-electron chi connectivity index (χ1n) is 8.14. The Bertz CT molecular complexity index is 451. The minimum absolute atomic E-state index is 1.07. The molecule has 0 N–H and O–H groups in total. The third-order valence-corrected chi connectivity index (χ3v) is 4.30. The number of rotatable bonds is 2. The van der Waals surface area contributed by atoms with Crippen molar-refractivity contribution < 1.29 is 0 Å². The number of para-hydroxylation sites is 2. The Morgan fingerprint density at radius 1 is 0.550 bits per heavy atom. The first kappa shape index (κ1) is 13.5. The Balaban J connectivity index is 1.83. The summed E-state index contributed by atoms with van der Waals surface area (Å²) in [5, 5.41) is 0. The van der Waals surface area contributed by atoms with Crippen LogP contribution in [0, 0.1) is 0 Å². The van der Waals surface area contributed by atoms with E-state index in [4.69, 9.17) is 9.98 Å². The second kappa shape index (κ2) is 6.83. The molecule has 0 aliphatic heterocycles. The summed E-state index contributed by atoms with van der Waals surface area (Å²) in [4.78, 5) is 9.79. The van der Waals surface area contributed by atoms with Crippen molar-refractivity contribution in [1.29, 1.82) is 0 Å². The summed E-state index contributed by atoms with van der Waals surface area (Å²) in [5.74, 6) is 0. The van der Waals surface area contributed by atoms with Crippen LogP contribution in [0.1, 0.15) is 64.2 Å². The Kier molecular flexibility index (Phi) is 4.62. The van der Waals surface area contributed by atoms with Crippen LogP contribution in [0.3, 0.4) is 0 Å². The SMILES string of the molecule is c1ccc(N=C2CCCCC2)c(N=C2CCCCC2)c1. The molecule has 20 heavy (non-hydrogen) atoms. The molecule has 0 heterocycles. The molecule has 0 atom stereocenters. The molecule has 0 spiro atoms. The van der Waals surface area contributed by atoms with Crippen molar-refractivity contribution >= 4 is 22.8 Å². The smallest absolute Gasteiger partial charge is 0.0885 e. The van der Waals surface area contributed by atoms with Crippen LogP contribution < -0.4 is 0 Å². The number of hydrogen-bond donors (Lipinski definition) is 0. The Hall–Kier alpha value is -1.44. The van der Waals surface area contributed by atoms with Gasteiger partial charge in [-0.05, 0) is 63.5 Å². The Labute approximate surface area is 122 Å². The highest BCUT2D eigenvalue weighted by Gasteiger charge is 2.10. The largest absolute Gasteiger partial charge is 0.256 e. The average Bonchev–Trinajstić information content (AvgIpc) is 2.51. The van der Waals surface area contributed by atoms with Gasteiger partial charge in [-0.3, -0.25) is 9.98 Å². The molecule has 2 heteroatoms. The molecule has 2 saturated carbocycles. The molecule has 1 aromatic rings. The van der Waals surface area contributed by atoms with Crippen LogP contribution in [0.4, 0.5) is 11.4 Å². The summed E-state index contributed by atoms with van der Waals surface area (Å²) in [7, 11) is 0. The molecule has 2 aliphatic carbocycles. The molecule has 2 nitrogen and oxygen atoms in total. The van der Waals surface area contributed by atoms with Gasteiger partial charge in [0.1, 0.15) is 0 Å². The molecular formula is C18H24N2. The highest BCUT2D eigenvalue weighted by molar-refractivity contribution is 5.91. The molecule has 2 aliphatic rings. The van der Waals surface area contributed by atoms with Crippen LogP contribution >= 0.6 is 0 Å². The van der Waals surface area contributed by atoms with Crippen LogP contribution in [0.25, 0.3) is 0 Å². The highest BCUT2D eigenvalue weighted by atomic mass is 14.8. The predicted octanol–water partition coefficient (Wildman–Crippen LogP) is 5.76. The fraction of sp³-hybridized carbons (Fsp3) is 0.556. The molecule has 0 radical (unpaired) electrons. The molecule has 1 aromatic carbocycles. The van der Waals surface area contributed by atoms with E-state index in [1.54, 1.807) is 0 Å². The summed E-state index contributed by atoms with van der Waals surface area (Å²) in [6, 6.07) is 8.38. The van der Waals surface area contributed by atoms with Crippen LogP contribution in [-0.2, 0) is 0 Å². The van der Waals surface area contributed by atoms with E-state index in [2.05, 4.69) is 24.3 Å². The third-order valence-electron chi connectivity index (χ3n) is 4.30. The second-order valence-corrected chi connectivity index (χ2v) is 5.97. The fourth-order valence-corrected chi connectivity index (χ4v) is 3.14. The number of nitrogens with zero attached hydrogens (tertiary/aromatic N) is 2. The van der Waals surface area contributed by atoms with Gasteiger partial charge < -0.3 is 0 Å². The summed E-state index contributed by atoms with van der Waals surface area (Å²) < 4.78 is 0. The normalized spacial score (nSPS) is 19.8. The molecule has 0 bridgehead atoms. The van der Waals surface area contributed by atoms with Gasteiger partial charge in [-0.2, -0.15) is 0 Å². The Morgan fingerprint density at radius 2 is 0.950 bits per heavy atom. The lowest BCUT2D eigenvalue weighted by molar-refractivity contribution is 0.666. The molecular weight excluding hydrogens is 244 g/mol. The summed E-state index contributed by atoms with van der Waals surface area (Å²) in [6.45, 7) is 0. The van der Waals surface area contributed by atoms with Gasteiger partial charge in [0.05, 0.1) is 11.4 Å². The molecule has 0 aromatic heterocycles. The number of aliphatic imine (C=N–C) groups is 2. The lowest BCUT2D eigenvalue weighted by Crippen LogP contribution is -2.04. The van der Waals surface area contributed by atoms with Crippen LogP contribution in [0.5, 0.6) is 0 Å². The van der Waals surface area contributed by atoms with Gasteiger partial charge in [0.15, 0.2) is 0 Å². The van der Waals surface area contributed by atoms with E-state index in [1.807, 2.05) is 0 Å². The highest BCUT2D eigenvalue weighted by Crippen LogP contribution is 2.31. The maximum Gasteiger partial charge on any atom is 0.0885 e. The summed E-state index contributed by atoms with van der Waals surface area (Å²) in [6.07, 6.45) is 12.6. The van der Waals surface area contributed by atoms with Crippen LogP contribution in [0.15, 0.2) is 34.3 Å². The molecule has 0 unspecified atom stereocenters. The lowest BCUT2D eigenvalue weighted by Gasteiger charge is -2.14. The Morgan fingerprint density at radius 3 is 1.35 bits per heavy atom. The van der Waals surface area contributed by atoms with Crippen LogP contribution in [-0.4, -0.2) is 11.4 Å². The standard InChI is InChI=1S/C18H24N2/c1-3-9-15(10-4-1)19-17-13-7-8-14-18(17)20-16-11-5-2-6-12-16/h7-8,13-14H,1-6,9-12H2. The van der Waals surface area contributed by atoms with E-state index in [0.717, 1.165) is 11.4 Å². The first-order chi connectivity index (χ1) is 9.92. The molecule has 0 amide bonds. The second-order valence-electron chi connectivity index (χ2n) is 5.97. The quantitative estimate of drug-likeness (QED) is 0.651. The van der Waals surface area contributed by atoms with E-state index in [0.29, 0.717) is 0 Å². The predicted molar refractivity (Wildman–Crippen MR) is 86.8 cm³/mol. The van der Waals surface area contributed by atoms with Gasteiger partial charge >= 0.3 is 0 Å². The third kappa shape index (κ3) is 3.56. The van der Waals surface area contributed by atoms with Gasteiger partial charge in [0.2, 0.25) is 0 Å². The van der Waals surface area contributed by atoms with Crippen molar-refractivity contribution in [3.8, 4) is 0 Å². The fourth-order valence-electron chi connectivity index (χ4n) is 3.14. The molecule has 2 fully saturated rings. The van der Waals surface area contributed by atoms with Crippen LogP contribution in [0.2, 0.25) is 0 Å². The topological polar surface area (TPSA) is 24.7 Å². The maximum absolute atomic E-state index is 4.89. The zero-order valence-electron chi connectivity index (χ0n) is 12.3. The lowest BCUT2D eigenvalue weighted by atomic mass is 9.98. The summed E-state index contributed by atoms with van der Waals surface area (Å²) >= 11 is 0. The van der Waals surface area contributed by atoms with Gasteiger partial charge in [0.25, 0.3) is 0 Å². The monoisotopic (exact) mass is 268 g/mol. The van der Waals surface area contributed by atoms with Crippen molar-refractivity contribution in [2.24, 2.45) is 9.98 Å². The van der Waals surface area contributed by atoms with E-state index < -0.39 is 0 Å². The van der Waals surface area contributed by atoms with E-state index >= 15 is 0 Å². The van der Waals surface area contributed by atoms with Crippen molar-refractivity contribution in [1.82, 2.24) is 0 Å². The molecule has 3 rings (SSSR count). The van der Waals surface area contributed by atoms with E-state index in [-0.39, 0.29) is 0 Å². The van der Waals surface area contributed by atoms with Gasteiger partial charge in [-0.15, -0.1) is 0 Å². The zero-order valence-corrected chi connectivity index (χ0v) is 12.3. The minimum atomic E-state index is 1.07. The molecule has 106 valence electrons. The number of benzene rings is 1.